The van der Waals surface area contributed by atoms with Crippen molar-refractivity contribution in [2.45, 2.75) is 38.9 Å². The molecule has 0 aromatic rings. The Kier molecular flexibility index (Phi) is 17.9. The average molecular weight is 246 g/mol. The molecule has 10 heavy (non-hydrogen) atoms. The van der Waals surface area contributed by atoms with Gasteiger partial charge in [-0.15, -0.1) is 0 Å². The summed E-state index contributed by atoms with van der Waals surface area (Å²) in [5.41, 5.74) is 0. The van der Waals surface area contributed by atoms with E-state index in [0.29, 0.717) is 12.7 Å². The van der Waals surface area contributed by atoms with E-state index in [1.54, 1.807) is 0 Å². The molecule has 0 aliphatic carbocycles. The van der Waals surface area contributed by atoms with Gasteiger partial charge in [0.1, 0.15) is 0 Å². The molecule has 4 heteroatoms. The number of hydrogen-bond donors (Lipinski definition) is 0. The molecule has 0 amide bonds. The topological polar surface area (TPSA) is 0 Å². The molecule has 0 rings (SSSR count). The van der Waals surface area contributed by atoms with Crippen molar-refractivity contribution in [2.75, 3.05) is 0 Å². The van der Waals surface area contributed by atoms with Crippen LogP contribution in [0.1, 0.15) is 20.8 Å². The summed E-state index contributed by atoms with van der Waals surface area (Å²) in [5.74, 6) is 0. The summed E-state index contributed by atoms with van der Waals surface area (Å²) in [6.07, 6.45) is 0. The van der Waals surface area contributed by atoms with Gasteiger partial charge in [0.25, 0.3) is 0 Å². The molecule has 0 bridgehead atoms. The van der Waals surface area contributed by atoms with E-state index in [1.807, 2.05) is 0 Å². The van der Waals surface area contributed by atoms with E-state index < -0.39 is 0 Å². The fraction of sp³-hybridized carbons (Fsp3) is 1.00. The molecule has 0 nitrogen and oxygen atoms in total. The van der Waals surface area contributed by atoms with E-state index >= 15 is 0 Å². The predicted molar refractivity (Wildman–Crippen MR) is 50.3 cm³/mol. The molecule has 0 unspecified atom stereocenters. The van der Waals surface area contributed by atoms with Gasteiger partial charge in [0.2, 0.25) is 0 Å². The minimum atomic E-state index is -0.171. The molecule has 0 saturated carbocycles. The Morgan fingerprint density at radius 1 is 1.00 bits per heavy atom. The van der Waals surface area contributed by atoms with Crippen LogP contribution in [0.3, 0.4) is 0 Å². The van der Waals surface area contributed by atoms with Gasteiger partial charge in [-0.2, -0.15) is 0 Å². The van der Waals surface area contributed by atoms with Crippen LogP contribution in [0.2, 0.25) is 18.1 Å². The van der Waals surface area contributed by atoms with Crippen LogP contribution >= 0.6 is 20.4 Å². The van der Waals surface area contributed by atoms with Gasteiger partial charge in [-0.25, -0.2) is 0 Å². The maximum absolute atomic E-state index is 4.70. The number of halogens is 2. The normalized spacial score (nSPS) is 9.40. The monoisotopic (exact) mass is 244 g/mol. The molecular weight excluding hydrogens is 230 g/mol. The minimum absolute atomic E-state index is 0.171. The third-order valence-corrected chi connectivity index (χ3v) is 5.20. The first-order valence-corrected chi connectivity index (χ1v) is 8.75. The van der Waals surface area contributed by atoms with Crippen molar-refractivity contribution in [3.63, 3.8) is 0 Å². The van der Waals surface area contributed by atoms with E-state index in [0.717, 1.165) is 0 Å². The summed E-state index contributed by atoms with van der Waals surface area (Å²) < 4.78 is 0. The quantitative estimate of drug-likeness (QED) is 0.666. The fourth-order valence-electron chi connectivity index (χ4n) is 0.866. The summed E-state index contributed by atoms with van der Waals surface area (Å²) in [6, 6.07) is 4.48. The molecule has 0 aliphatic rings. The molecule has 0 fully saturated rings. The Morgan fingerprint density at radius 3 is 1.20 bits per heavy atom. The zero-order valence-corrected chi connectivity index (χ0v) is 10.4. The standard InChI is InChI=1S/C6H16Si.2ClH.Ni/c1-4-7(5-2)6-3;;;/h7H,4-6H2,1-3H3;2*1H;/q;;;+2/p-2. The van der Waals surface area contributed by atoms with E-state index in [1.165, 1.54) is 18.1 Å². The Morgan fingerprint density at radius 2 is 1.20 bits per heavy atom. The molecule has 0 atom stereocenters. The van der Waals surface area contributed by atoms with Crippen molar-refractivity contribution in [3.8, 4) is 0 Å². The second-order valence-electron chi connectivity index (χ2n) is 2.14. The van der Waals surface area contributed by atoms with Gasteiger partial charge in [-0.1, -0.05) is 38.9 Å². The van der Waals surface area contributed by atoms with Crippen LogP contribution in [-0.2, 0) is 12.7 Å². The summed E-state index contributed by atoms with van der Waals surface area (Å²) in [7, 11) is 9.23. The Labute approximate surface area is 80.6 Å². The molecule has 0 aromatic carbocycles. The van der Waals surface area contributed by atoms with E-state index in [2.05, 4.69) is 20.8 Å². The van der Waals surface area contributed by atoms with Gasteiger partial charge in [-0.3, -0.25) is 0 Å². The zero-order valence-electron chi connectivity index (χ0n) is 6.77. The van der Waals surface area contributed by atoms with Crippen molar-refractivity contribution < 1.29 is 12.7 Å². The van der Waals surface area contributed by atoms with Crippen LogP contribution in [0.4, 0.5) is 0 Å². The first kappa shape index (κ1) is 13.9. The van der Waals surface area contributed by atoms with Crippen LogP contribution in [0.5, 0.6) is 0 Å². The molecule has 0 aromatic heterocycles. The second-order valence-corrected chi connectivity index (χ2v) is 7.95. The predicted octanol–water partition coefficient (Wildman–Crippen LogP) is 3.65. The molecule has 0 aliphatic heterocycles. The van der Waals surface area contributed by atoms with Gasteiger partial charge in [0, 0.05) is 8.80 Å². The van der Waals surface area contributed by atoms with E-state index in [4.69, 9.17) is 20.4 Å². The third kappa shape index (κ3) is 12.0. The SMILES string of the molecule is CC[SiH](CC)CC.[Cl][Ni][Cl]. The first-order chi connectivity index (χ1) is 4.76. The van der Waals surface area contributed by atoms with Gasteiger partial charge in [0.05, 0.1) is 0 Å². The van der Waals surface area contributed by atoms with Crippen LogP contribution in [0.15, 0.2) is 0 Å². The third-order valence-electron chi connectivity index (χ3n) is 1.73. The second kappa shape index (κ2) is 12.9. The van der Waals surface area contributed by atoms with Gasteiger partial charge in [0.15, 0.2) is 0 Å². The first-order valence-electron chi connectivity index (χ1n) is 3.59. The van der Waals surface area contributed by atoms with Gasteiger partial charge >= 0.3 is 33.0 Å². The average Bonchev–Trinajstić information content (AvgIpc) is 1.93. The van der Waals surface area contributed by atoms with E-state index in [-0.39, 0.29) is 8.80 Å². The van der Waals surface area contributed by atoms with E-state index in [9.17, 15) is 0 Å². The molecule has 0 radical (unpaired) electrons. The zero-order chi connectivity index (χ0) is 8.41. The maximum atomic E-state index is 4.70. The van der Waals surface area contributed by atoms with Crippen LogP contribution in [0.25, 0.3) is 0 Å². The molecule has 68 valence electrons. The van der Waals surface area contributed by atoms with Crippen molar-refractivity contribution in [2.24, 2.45) is 0 Å². The number of rotatable bonds is 3. The summed E-state index contributed by atoms with van der Waals surface area (Å²) in [6.45, 7) is 6.97. The van der Waals surface area contributed by atoms with Crippen molar-refractivity contribution in [1.29, 1.82) is 0 Å². The van der Waals surface area contributed by atoms with Gasteiger partial charge in [-0.05, 0) is 0 Å². The van der Waals surface area contributed by atoms with Crippen molar-refractivity contribution in [3.05, 3.63) is 0 Å². The molecular formula is C6H16Cl2NiSi. The Hall–Kier alpha value is 1.29. The summed E-state index contributed by atoms with van der Waals surface area (Å²) in [5, 5.41) is 0. The summed E-state index contributed by atoms with van der Waals surface area (Å²) >= 11 is 0.569. The van der Waals surface area contributed by atoms with Gasteiger partial charge < -0.3 is 0 Å². The van der Waals surface area contributed by atoms with Crippen molar-refractivity contribution >= 4 is 29.2 Å². The fourth-order valence-corrected chi connectivity index (χ4v) is 2.60. The molecule has 0 saturated heterocycles. The molecule has 0 spiro atoms. The molecule has 0 N–H and O–H groups in total. The summed E-state index contributed by atoms with van der Waals surface area (Å²) in [4.78, 5) is 0. The Balaban J connectivity index is 0. The van der Waals surface area contributed by atoms with Crippen LogP contribution in [-0.4, -0.2) is 8.80 Å². The molecule has 0 heterocycles. The Bertz CT molecular complexity index is 45.5. The van der Waals surface area contributed by atoms with Crippen molar-refractivity contribution in [1.82, 2.24) is 0 Å². The number of hydrogen-bond acceptors (Lipinski definition) is 0. The van der Waals surface area contributed by atoms with Crippen LogP contribution < -0.4 is 0 Å². The van der Waals surface area contributed by atoms with Crippen LogP contribution in [0, 0.1) is 0 Å².